The van der Waals surface area contributed by atoms with Gasteiger partial charge in [-0.05, 0) is 6.07 Å². The molecule has 1 saturated heterocycles. The van der Waals surface area contributed by atoms with Gasteiger partial charge < -0.3 is 30.3 Å². The number of carbonyl (C=O) groups is 1. The SMILES string of the molecule is COC[C@H](C)c1c(N2CC/C(=N\OC)C(CN)C2)c(F)cc2c(=O)c(C(=O)O)c[nH]c12. The Kier molecular flexibility index (Phi) is 6.91. The Balaban J connectivity index is 2.21. The van der Waals surface area contributed by atoms with Crippen molar-refractivity contribution in [3.05, 3.63) is 39.4 Å². The van der Waals surface area contributed by atoms with Gasteiger partial charge in [0.1, 0.15) is 18.5 Å². The predicted octanol–water partition coefficient (Wildman–Crippen LogP) is 1.90. The first-order valence-electron chi connectivity index (χ1n) is 9.98. The van der Waals surface area contributed by atoms with E-state index in [9.17, 15) is 14.7 Å². The highest BCUT2D eigenvalue weighted by molar-refractivity contribution is 5.95. The number of hydrogen-bond acceptors (Lipinski definition) is 7. The number of anilines is 1. The number of aromatic nitrogens is 1. The lowest BCUT2D eigenvalue weighted by molar-refractivity contribution is 0.0695. The number of H-pyrrole nitrogens is 1. The number of aromatic amines is 1. The van der Waals surface area contributed by atoms with E-state index in [0.717, 1.165) is 18.0 Å². The molecule has 1 aromatic heterocycles. The first kappa shape index (κ1) is 22.7. The molecule has 2 atom stereocenters. The van der Waals surface area contributed by atoms with Gasteiger partial charge in [0.2, 0.25) is 5.43 Å². The van der Waals surface area contributed by atoms with Crippen LogP contribution >= 0.6 is 0 Å². The van der Waals surface area contributed by atoms with Crippen molar-refractivity contribution in [2.75, 3.05) is 45.4 Å². The second kappa shape index (κ2) is 9.44. The first-order chi connectivity index (χ1) is 14.8. The molecule has 9 nitrogen and oxygen atoms in total. The first-order valence-corrected chi connectivity index (χ1v) is 9.98. The van der Waals surface area contributed by atoms with Crippen LogP contribution in [0.3, 0.4) is 0 Å². The Morgan fingerprint density at radius 1 is 1.48 bits per heavy atom. The van der Waals surface area contributed by atoms with Gasteiger partial charge in [0, 0.05) is 62.1 Å². The number of nitrogens with one attached hydrogen (secondary N) is 1. The van der Waals surface area contributed by atoms with E-state index >= 15 is 4.39 Å². The third-order valence-electron chi connectivity index (χ3n) is 5.64. The highest BCUT2D eigenvalue weighted by atomic mass is 19.1. The molecule has 10 heteroatoms. The number of benzene rings is 1. The molecule has 4 N–H and O–H groups in total. The second-order valence-corrected chi connectivity index (χ2v) is 7.63. The molecule has 31 heavy (non-hydrogen) atoms. The molecule has 3 rings (SSSR count). The molecule has 1 aromatic carbocycles. The van der Waals surface area contributed by atoms with E-state index < -0.39 is 22.8 Å². The summed E-state index contributed by atoms with van der Waals surface area (Å²) in [6, 6.07) is 1.11. The summed E-state index contributed by atoms with van der Waals surface area (Å²) in [6.07, 6.45) is 1.71. The highest BCUT2D eigenvalue weighted by Gasteiger charge is 2.31. The zero-order chi connectivity index (χ0) is 22.7. The van der Waals surface area contributed by atoms with Crippen LogP contribution in [0.15, 0.2) is 22.2 Å². The summed E-state index contributed by atoms with van der Waals surface area (Å²) in [4.78, 5) is 33.8. The van der Waals surface area contributed by atoms with E-state index in [1.54, 1.807) is 7.11 Å². The Morgan fingerprint density at radius 2 is 2.23 bits per heavy atom. The van der Waals surface area contributed by atoms with Crippen LogP contribution < -0.4 is 16.1 Å². The van der Waals surface area contributed by atoms with Gasteiger partial charge in [-0.2, -0.15) is 0 Å². The number of oxime groups is 1. The molecule has 0 saturated carbocycles. The third-order valence-corrected chi connectivity index (χ3v) is 5.64. The normalized spacial score (nSPS) is 19.1. The maximum Gasteiger partial charge on any atom is 0.341 e. The van der Waals surface area contributed by atoms with Gasteiger partial charge in [-0.3, -0.25) is 4.79 Å². The number of aromatic carboxylic acids is 1. The number of carboxylic acid groups (broad SMARTS) is 1. The summed E-state index contributed by atoms with van der Waals surface area (Å²) in [5.41, 5.74) is 6.90. The van der Waals surface area contributed by atoms with Crippen molar-refractivity contribution in [3.63, 3.8) is 0 Å². The summed E-state index contributed by atoms with van der Waals surface area (Å²) in [5, 5.41) is 13.3. The maximum absolute atomic E-state index is 15.5. The minimum atomic E-state index is -1.37. The molecule has 0 spiro atoms. The van der Waals surface area contributed by atoms with Crippen LogP contribution in [0.1, 0.15) is 35.2 Å². The van der Waals surface area contributed by atoms with Crippen LogP contribution in [0.2, 0.25) is 0 Å². The van der Waals surface area contributed by atoms with Crippen molar-refractivity contribution in [3.8, 4) is 0 Å². The molecule has 0 bridgehead atoms. The van der Waals surface area contributed by atoms with Crippen LogP contribution in [0, 0.1) is 11.7 Å². The Hall–Kier alpha value is -2.98. The second-order valence-electron chi connectivity index (χ2n) is 7.63. The number of methoxy groups -OCH3 is 1. The lowest BCUT2D eigenvalue weighted by atomic mass is 9.91. The Morgan fingerprint density at radius 3 is 2.84 bits per heavy atom. The lowest BCUT2D eigenvalue weighted by Gasteiger charge is -2.37. The fourth-order valence-corrected chi connectivity index (χ4v) is 4.21. The number of ether oxygens (including phenoxy) is 1. The largest absolute Gasteiger partial charge is 0.477 e. The zero-order valence-electron chi connectivity index (χ0n) is 17.8. The Bertz CT molecular complexity index is 1070. The number of nitrogens with two attached hydrogens (primary N) is 1. The average Bonchev–Trinajstić information content (AvgIpc) is 2.74. The van der Waals surface area contributed by atoms with Crippen LogP contribution in [0.5, 0.6) is 0 Å². The number of fused-ring (bicyclic) bond motifs is 1. The number of piperidine rings is 1. The molecular weight excluding hydrogens is 407 g/mol. The van der Waals surface area contributed by atoms with Gasteiger partial charge in [-0.25, -0.2) is 9.18 Å². The van der Waals surface area contributed by atoms with Crippen molar-refractivity contribution in [2.24, 2.45) is 16.8 Å². The van der Waals surface area contributed by atoms with Crippen molar-refractivity contribution in [1.29, 1.82) is 0 Å². The summed E-state index contributed by atoms with van der Waals surface area (Å²) >= 11 is 0. The molecule has 1 unspecified atom stereocenters. The fraction of sp³-hybridized carbons (Fsp3) is 0.476. The smallest absolute Gasteiger partial charge is 0.341 e. The quantitative estimate of drug-likeness (QED) is 0.568. The molecule has 1 fully saturated rings. The molecular formula is C21H27FN4O5. The van der Waals surface area contributed by atoms with E-state index in [1.807, 2.05) is 11.8 Å². The molecule has 2 heterocycles. The monoisotopic (exact) mass is 434 g/mol. The third kappa shape index (κ3) is 4.26. The van der Waals surface area contributed by atoms with Crippen molar-refractivity contribution in [1.82, 2.24) is 4.98 Å². The van der Waals surface area contributed by atoms with Gasteiger partial charge in [0.15, 0.2) is 0 Å². The van der Waals surface area contributed by atoms with E-state index in [-0.39, 0.29) is 17.2 Å². The minimum absolute atomic E-state index is 0.00637. The number of nitrogens with zero attached hydrogens (tertiary/aromatic N) is 2. The van der Waals surface area contributed by atoms with Gasteiger partial charge in [-0.15, -0.1) is 0 Å². The highest BCUT2D eigenvalue weighted by Crippen LogP contribution is 2.37. The molecule has 1 aliphatic heterocycles. The van der Waals surface area contributed by atoms with Gasteiger partial charge in [-0.1, -0.05) is 12.1 Å². The summed E-state index contributed by atoms with van der Waals surface area (Å²) in [7, 11) is 3.02. The molecule has 168 valence electrons. The van der Waals surface area contributed by atoms with Crippen LogP contribution in [0.4, 0.5) is 10.1 Å². The van der Waals surface area contributed by atoms with Gasteiger partial charge >= 0.3 is 5.97 Å². The summed E-state index contributed by atoms with van der Waals surface area (Å²) < 4.78 is 20.8. The van der Waals surface area contributed by atoms with E-state index in [2.05, 4.69) is 10.1 Å². The molecule has 0 aliphatic carbocycles. The van der Waals surface area contributed by atoms with Crippen molar-refractivity contribution in [2.45, 2.75) is 19.3 Å². The summed E-state index contributed by atoms with van der Waals surface area (Å²) in [6.45, 7) is 3.41. The standard InChI is InChI=1S/C21H27FN4O5/c1-11(10-30-2)17-18-13(20(27)14(8-24-18)21(28)29)6-15(22)19(17)26-5-4-16(25-31-3)12(7-23)9-26/h6,8,11-12H,4-5,7,9-10,23H2,1-3H3,(H,24,27)(H,28,29)/b25-16+/t11-,12?/m0/s1. The maximum atomic E-state index is 15.5. The van der Waals surface area contributed by atoms with E-state index in [4.69, 9.17) is 15.3 Å². The van der Waals surface area contributed by atoms with E-state index in [0.29, 0.717) is 49.4 Å². The molecule has 0 radical (unpaired) electrons. The predicted molar refractivity (Wildman–Crippen MR) is 116 cm³/mol. The fourth-order valence-electron chi connectivity index (χ4n) is 4.21. The van der Waals surface area contributed by atoms with Crippen molar-refractivity contribution < 1.29 is 23.9 Å². The Labute approximate surface area is 178 Å². The number of halogens is 1. The van der Waals surface area contributed by atoms with E-state index in [1.165, 1.54) is 7.11 Å². The number of rotatable bonds is 7. The molecule has 2 aromatic rings. The lowest BCUT2D eigenvalue weighted by Crippen LogP contribution is -2.45. The van der Waals surface area contributed by atoms with Crippen LogP contribution in [0.25, 0.3) is 10.9 Å². The van der Waals surface area contributed by atoms with Crippen LogP contribution in [-0.2, 0) is 9.57 Å². The minimum Gasteiger partial charge on any atom is -0.477 e. The van der Waals surface area contributed by atoms with Crippen LogP contribution in [-0.4, -0.2) is 62.2 Å². The van der Waals surface area contributed by atoms with Gasteiger partial charge in [0.25, 0.3) is 0 Å². The topological polar surface area (TPSA) is 130 Å². The van der Waals surface area contributed by atoms with Crippen molar-refractivity contribution >= 4 is 28.3 Å². The zero-order valence-corrected chi connectivity index (χ0v) is 17.8. The average molecular weight is 434 g/mol. The van der Waals surface area contributed by atoms with Gasteiger partial charge in [0.05, 0.1) is 23.5 Å². The number of hydrogen-bond donors (Lipinski definition) is 3. The number of pyridine rings is 1. The number of carboxylic acids is 1. The molecule has 0 amide bonds. The summed E-state index contributed by atoms with van der Waals surface area (Å²) in [5.74, 6) is -2.34. The molecule has 1 aliphatic rings.